The molecule has 0 heteroatoms. The Morgan fingerprint density at radius 3 is 2.39 bits per heavy atom. The molecule has 106 valence electrons. The first-order valence-electron chi connectivity index (χ1n) is 8.85. The van der Waals surface area contributed by atoms with Gasteiger partial charge in [-0.1, -0.05) is 71.6 Å². The zero-order chi connectivity index (χ0) is 12.8. The molecule has 2 aliphatic carbocycles. The number of hydrogen-bond acceptors (Lipinski definition) is 0. The van der Waals surface area contributed by atoms with Gasteiger partial charge in [-0.2, -0.15) is 0 Å². The van der Waals surface area contributed by atoms with E-state index in [1.165, 1.54) is 44.9 Å². The lowest BCUT2D eigenvalue weighted by Gasteiger charge is -2.42. The molecule has 18 heavy (non-hydrogen) atoms. The first-order valence-corrected chi connectivity index (χ1v) is 8.85. The SMILES string of the molecule is CCCCCC(CC)C1CCC2CCCCC2C1. The highest BCUT2D eigenvalue weighted by molar-refractivity contribution is 4.85. The molecule has 4 atom stereocenters. The first kappa shape index (κ1) is 14.4. The summed E-state index contributed by atoms with van der Waals surface area (Å²) in [6.07, 6.45) is 18.2. The van der Waals surface area contributed by atoms with Crippen molar-refractivity contribution in [1.29, 1.82) is 0 Å². The van der Waals surface area contributed by atoms with Gasteiger partial charge in [0, 0.05) is 0 Å². The Morgan fingerprint density at radius 2 is 1.67 bits per heavy atom. The van der Waals surface area contributed by atoms with Crippen LogP contribution in [0.2, 0.25) is 0 Å². The predicted octanol–water partition coefficient (Wildman–Crippen LogP) is 6.20. The van der Waals surface area contributed by atoms with E-state index < -0.39 is 0 Å². The molecule has 2 fully saturated rings. The van der Waals surface area contributed by atoms with Crippen LogP contribution in [0.3, 0.4) is 0 Å². The molecular formula is C18H34. The highest BCUT2D eigenvalue weighted by Crippen LogP contribution is 2.46. The van der Waals surface area contributed by atoms with Crippen molar-refractivity contribution in [2.24, 2.45) is 23.7 Å². The molecule has 0 heterocycles. The smallest absolute Gasteiger partial charge is 0.0383 e. The normalized spacial score (nSPS) is 34.0. The molecule has 0 bridgehead atoms. The van der Waals surface area contributed by atoms with Crippen molar-refractivity contribution in [3.8, 4) is 0 Å². The third-order valence-corrected chi connectivity index (χ3v) is 5.95. The van der Waals surface area contributed by atoms with Crippen molar-refractivity contribution in [2.45, 2.75) is 90.9 Å². The Bertz CT molecular complexity index is 220. The van der Waals surface area contributed by atoms with Crippen LogP contribution in [0.25, 0.3) is 0 Å². The monoisotopic (exact) mass is 250 g/mol. The lowest BCUT2D eigenvalue weighted by molar-refractivity contribution is 0.0938. The number of unbranched alkanes of at least 4 members (excludes halogenated alkanes) is 2. The Kier molecular flexibility index (Phi) is 6.05. The van der Waals surface area contributed by atoms with E-state index in [2.05, 4.69) is 13.8 Å². The van der Waals surface area contributed by atoms with Gasteiger partial charge in [-0.25, -0.2) is 0 Å². The summed E-state index contributed by atoms with van der Waals surface area (Å²) in [5.41, 5.74) is 0. The molecule has 4 unspecified atom stereocenters. The van der Waals surface area contributed by atoms with E-state index in [0.29, 0.717) is 0 Å². The molecule has 0 nitrogen and oxygen atoms in total. The Morgan fingerprint density at radius 1 is 0.889 bits per heavy atom. The number of fused-ring (bicyclic) bond motifs is 1. The second kappa shape index (κ2) is 7.56. The fourth-order valence-corrected chi connectivity index (χ4v) is 4.77. The minimum Gasteiger partial charge on any atom is -0.0654 e. The van der Waals surface area contributed by atoms with Gasteiger partial charge in [-0.15, -0.1) is 0 Å². The Balaban J connectivity index is 1.80. The molecule has 0 radical (unpaired) electrons. The second-order valence-electron chi connectivity index (χ2n) is 7.04. The van der Waals surface area contributed by atoms with Crippen LogP contribution < -0.4 is 0 Å². The lowest BCUT2D eigenvalue weighted by Crippen LogP contribution is -2.31. The van der Waals surface area contributed by atoms with E-state index >= 15 is 0 Å². The maximum absolute atomic E-state index is 2.43. The van der Waals surface area contributed by atoms with E-state index in [1.807, 2.05) is 0 Å². The first-order chi connectivity index (χ1) is 8.85. The van der Waals surface area contributed by atoms with Gasteiger partial charge in [0.1, 0.15) is 0 Å². The van der Waals surface area contributed by atoms with Crippen LogP contribution in [0.4, 0.5) is 0 Å². The predicted molar refractivity (Wildman–Crippen MR) is 80.7 cm³/mol. The van der Waals surface area contributed by atoms with Gasteiger partial charge in [0.15, 0.2) is 0 Å². The third kappa shape index (κ3) is 3.75. The van der Waals surface area contributed by atoms with Gasteiger partial charge in [0.2, 0.25) is 0 Å². The third-order valence-electron chi connectivity index (χ3n) is 5.95. The molecular weight excluding hydrogens is 216 g/mol. The second-order valence-corrected chi connectivity index (χ2v) is 7.04. The molecule has 2 saturated carbocycles. The highest BCUT2D eigenvalue weighted by atomic mass is 14.4. The fraction of sp³-hybridized carbons (Fsp3) is 1.00. The fourth-order valence-electron chi connectivity index (χ4n) is 4.77. The maximum atomic E-state index is 2.43. The molecule has 0 aliphatic heterocycles. The zero-order valence-electron chi connectivity index (χ0n) is 12.8. The van der Waals surface area contributed by atoms with Gasteiger partial charge in [-0.05, 0) is 42.9 Å². The molecule has 0 N–H and O–H groups in total. The molecule has 0 aromatic heterocycles. The van der Waals surface area contributed by atoms with Crippen LogP contribution in [0.15, 0.2) is 0 Å². The van der Waals surface area contributed by atoms with Crippen molar-refractivity contribution < 1.29 is 0 Å². The van der Waals surface area contributed by atoms with E-state index in [0.717, 1.165) is 23.7 Å². The van der Waals surface area contributed by atoms with Gasteiger partial charge in [0.25, 0.3) is 0 Å². The lowest BCUT2D eigenvalue weighted by atomic mass is 9.64. The Labute approximate surface area is 115 Å². The Hall–Kier alpha value is 0. The quantitative estimate of drug-likeness (QED) is 0.492. The average molecular weight is 250 g/mol. The van der Waals surface area contributed by atoms with Crippen molar-refractivity contribution in [3.63, 3.8) is 0 Å². The standard InChI is InChI=1S/C18H34/c1-3-5-6-9-15(4-2)18-13-12-16-10-7-8-11-17(16)14-18/h15-18H,3-14H2,1-2H3. The topological polar surface area (TPSA) is 0 Å². The molecule has 2 aliphatic rings. The number of hydrogen-bond donors (Lipinski definition) is 0. The summed E-state index contributed by atoms with van der Waals surface area (Å²) in [6.45, 7) is 4.76. The summed E-state index contributed by atoms with van der Waals surface area (Å²) < 4.78 is 0. The van der Waals surface area contributed by atoms with Crippen molar-refractivity contribution in [2.75, 3.05) is 0 Å². The molecule has 0 aromatic carbocycles. The van der Waals surface area contributed by atoms with E-state index in [1.54, 1.807) is 32.1 Å². The minimum atomic E-state index is 1.06. The molecule has 0 amide bonds. The summed E-state index contributed by atoms with van der Waals surface area (Å²) in [6, 6.07) is 0. The van der Waals surface area contributed by atoms with E-state index in [9.17, 15) is 0 Å². The maximum Gasteiger partial charge on any atom is -0.0383 e. The van der Waals surface area contributed by atoms with Crippen LogP contribution in [0.1, 0.15) is 90.9 Å². The van der Waals surface area contributed by atoms with Crippen LogP contribution in [0, 0.1) is 23.7 Å². The van der Waals surface area contributed by atoms with Gasteiger partial charge in [-0.3, -0.25) is 0 Å². The summed E-state index contributed by atoms with van der Waals surface area (Å²) in [4.78, 5) is 0. The summed E-state index contributed by atoms with van der Waals surface area (Å²) >= 11 is 0. The van der Waals surface area contributed by atoms with Crippen LogP contribution in [0.5, 0.6) is 0 Å². The zero-order valence-corrected chi connectivity index (χ0v) is 12.8. The molecule has 0 saturated heterocycles. The van der Waals surface area contributed by atoms with E-state index in [-0.39, 0.29) is 0 Å². The number of rotatable bonds is 6. The van der Waals surface area contributed by atoms with Crippen molar-refractivity contribution in [1.82, 2.24) is 0 Å². The van der Waals surface area contributed by atoms with Gasteiger partial charge < -0.3 is 0 Å². The van der Waals surface area contributed by atoms with Crippen LogP contribution in [-0.2, 0) is 0 Å². The minimum absolute atomic E-state index is 1.06. The van der Waals surface area contributed by atoms with Crippen LogP contribution in [-0.4, -0.2) is 0 Å². The van der Waals surface area contributed by atoms with E-state index in [4.69, 9.17) is 0 Å². The molecule has 0 spiro atoms. The van der Waals surface area contributed by atoms with Crippen molar-refractivity contribution >= 4 is 0 Å². The largest absolute Gasteiger partial charge is 0.0654 e. The highest BCUT2D eigenvalue weighted by Gasteiger charge is 2.34. The average Bonchev–Trinajstić information content (AvgIpc) is 2.43. The molecule has 2 rings (SSSR count). The summed E-state index contributed by atoms with van der Waals surface area (Å²) in [7, 11) is 0. The molecule has 0 aromatic rings. The summed E-state index contributed by atoms with van der Waals surface area (Å²) in [5, 5.41) is 0. The van der Waals surface area contributed by atoms with Gasteiger partial charge >= 0.3 is 0 Å². The summed E-state index contributed by atoms with van der Waals surface area (Å²) in [5.74, 6) is 4.39. The van der Waals surface area contributed by atoms with Crippen LogP contribution >= 0.6 is 0 Å². The van der Waals surface area contributed by atoms with Crippen molar-refractivity contribution in [3.05, 3.63) is 0 Å². The van der Waals surface area contributed by atoms with Gasteiger partial charge in [0.05, 0.1) is 0 Å².